The van der Waals surface area contributed by atoms with E-state index < -0.39 is 23.3 Å². The lowest BCUT2D eigenvalue weighted by Crippen LogP contribution is -2.08. The van der Waals surface area contributed by atoms with E-state index in [0.717, 1.165) is 6.07 Å². The number of nitrogens with zero attached hydrogens (tertiary/aromatic N) is 4. The fraction of sp³-hybridized carbons (Fsp3) is 0.0769. The number of nitrogens with one attached hydrogen (secondary N) is 1. The lowest BCUT2D eigenvalue weighted by molar-refractivity contribution is 0.0692. The van der Waals surface area contributed by atoms with E-state index in [0.29, 0.717) is 30.1 Å². The van der Waals surface area contributed by atoms with E-state index in [-0.39, 0.29) is 38.8 Å². The van der Waals surface area contributed by atoms with Gasteiger partial charge in [0.25, 0.3) is 0 Å². The van der Waals surface area contributed by atoms with Gasteiger partial charge in [-0.3, -0.25) is 4.57 Å². The van der Waals surface area contributed by atoms with Crippen LogP contribution < -0.4 is 11.1 Å². The molecule has 0 radical (unpaired) electrons. The van der Waals surface area contributed by atoms with E-state index in [1.807, 2.05) is 0 Å². The van der Waals surface area contributed by atoms with Crippen LogP contribution in [-0.4, -0.2) is 37.4 Å². The van der Waals surface area contributed by atoms with Gasteiger partial charge < -0.3 is 20.6 Å². The summed E-state index contributed by atoms with van der Waals surface area (Å²) in [7, 11) is 0. The number of rotatable bonds is 8. The van der Waals surface area contributed by atoms with E-state index in [9.17, 15) is 14.3 Å². The number of nitrogen functional groups attached to an aromatic ring is 1. The van der Waals surface area contributed by atoms with Crippen molar-refractivity contribution in [3.05, 3.63) is 93.9 Å². The molecule has 0 bridgehead atoms. The van der Waals surface area contributed by atoms with Crippen LogP contribution in [0.5, 0.6) is 0 Å². The SMILES string of the molecule is Nc1nnc(CCNc2ccccc2-c2nc(C(=O)O)c(-c3ccc(F)c(Cl)c3)n2-c2cccc(Cl)c2F)o1. The number of carboxylic acids is 1. The van der Waals surface area contributed by atoms with Crippen LogP contribution in [0.1, 0.15) is 16.4 Å². The molecule has 0 aliphatic rings. The van der Waals surface area contributed by atoms with Gasteiger partial charge in [-0.05, 0) is 42.5 Å². The van der Waals surface area contributed by atoms with Crippen molar-refractivity contribution < 1.29 is 23.1 Å². The summed E-state index contributed by atoms with van der Waals surface area (Å²) in [4.78, 5) is 16.8. The zero-order valence-electron chi connectivity index (χ0n) is 19.8. The first kappa shape index (κ1) is 26.1. The Bertz CT molecular complexity index is 1710. The van der Waals surface area contributed by atoms with Gasteiger partial charge in [0.1, 0.15) is 11.6 Å². The topological polar surface area (TPSA) is 132 Å². The molecule has 0 fully saturated rings. The number of halogens is 4. The number of para-hydroxylation sites is 1. The molecular formula is C26H18Cl2F2N6O3. The molecule has 5 rings (SSSR count). The number of hydrogen-bond donors (Lipinski definition) is 3. The summed E-state index contributed by atoms with van der Waals surface area (Å²) in [6.07, 6.45) is 0.343. The number of benzene rings is 3. The highest BCUT2D eigenvalue weighted by Gasteiger charge is 2.28. The molecule has 0 aliphatic carbocycles. The van der Waals surface area contributed by atoms with Crippen molar-refractivity contribution in [3.63, 3.8) is 0 Å². The van der Waals surface area contributed by atoms with Gasteiger partial charge in [-0.25, -0.2) is 18.6 Å². The molecule has 0 atom stereocenters. The fourth-order valence-corrected chi connectivity index (χ4v) is 4.41. The van der Waals surface area contributed by atoms with Crippen LogP contribution in [0.15, 0.2) is 65.1 Å². The van der Waals surface area contributed by atoms with Gasteiger partial charge in [-0.15, -0.1) is 5.10 Å². The van der Waals surface area contributed by atoms with Crippen molar-refractivity contribution in [2.24, 2.45) is 0 Å². The predicted octanol–water partition coefficient (Wildman–Crippen LogP) is 6.11. The Morgan fingerprint density at radius 1 is 1.05 bits per heavy atom. The fourth-order valence-electron chi connectivity index (χ4n) is 4.06. The van der Waals surface area contributed by atoms with Crippen molar-refractivity contribution in [3.8, 4) is 28.3 Å². The van der Waals surface area contributed by atoms with Crippen molar-refractivity contribution in [2.75, 3.05) is 17.6 Å². The summed E-state index contributed by atoms with van der Waals surface area (Å²) in [5.41, 5.74) is 6.20. The first-order valence-electron chi connectivity index (χ1n) is 11.4. The molecule has 0 amide bonds. The highest BCUT2D eigenvalue weighted by molar-refractivity contribution is 6.31. The molecule has 0 aliphatic heterocycles. The van der Waals surface area contributed by atoms with E-state index in [2.05, 4.69) is 20.5 Å². The third-order valence-electron chi connectivity index (χ3n) is 5.75. The van der Waals surface area contributed by atoms with Gasteiger partial charge in [0.2, 0.25) is 5.89 Å². The Hall–Kier alpha value is -4.48. The number of nitrogens with two attached hydrogens (primary N) is 1. The normalized spacial score (nSPS) is 11.1. The summed E-state index contributed by atoms with van der Waals surface area (Å²) in [6.45, 7) is 0.344. The second kappa shape index (κ2) is 10.7. The minimum atomic E-state index is -1.38. The summed E-state index contributed by atoms with van der Waals surface area (Å²) in [6, 6.07) is 14.9. The second-order valence-electron chi connectivity index (χ2n) is 8.23. The Morgan fingerprint density at radius 2 is 1.85 bits per heavy atom. The van der Waals surface area contributed by atoms with E-state index in [4.69, 9.17) is 33.4 Å². The number of carbonyl (C=O) groups is 1. The van der Waals surface area contributed by atoms with Crippen LogP contribution in [0.3, 0.4) is 0 Å². The molecule has 39 heavy (non-hydrogen) atoms. The summed E-state index contributed by atoms with van der Waals surface area (Å²) in [5, 5.41) is 20.3. The van der Waals surface area contributed by atoms with Gasteiger partial charge in [0.05, 0.1) is 21.4 Å². The monoisotopic (exact) mass is 570 g/mol. The average Bonchev–Trinajstić information content (AvgIpc) is 3.51. The van der Waals surface area contributed by atoms with Crippen molar-refractivity contribution in [2.45, 2.75) is 6.42 Å². The van der Waals surface area contributed by atoms with Gasteiger partial charge in [-0.2, -0.15) is 0 Å². The zero-order valence-corrected chi connectivity index (χ0v) is 21.3. The quantitative estimate of drug-likeness (QED) is 0.203. The Kier molecular flexibility index (Phi) is 7.18. The number of anilines is 2. The second-order valence-corrected chi connectivity index (χ2v) is 9.05. The predicted molar refractivity (Wildman–Crippen MR) is 142 cm³/mol. The van der Waals surface area contributed by atoms with Gasteiger partial charge in [0, 0.05) is 29.8 Å². The number of carboxylic acid groups (broad SMARTS) is 1. The molecule has 2 aromatic heterocycles. The molecule has 198 valence electrons. The summed E-state index contributed by atoms with van der Waals surface area (Å²) < 4.78 is 36.0. The van der Waals surface area contributed by atoms with Gasteiger partial charge in [0.15, 0.2) is 11.5 Å². The molecule has 0 unspecified atom stereocenters. The lowest BCUT2D eigenvalue weighted by Gasteiger charge is -2.17. The molecule has 9 nitrogen and oxygen atoms in total. The maximum absolute atomic E-state index is 15.5. The standard InChI is InChI=1S/C26H18Cl2F2N6O3/c27-15-5-3-7-19(21(15)30)36-23(13-8-9-17(29)16(28)12-13)22(25(37)38)33-24(36)14-4-1-2-6-18(14)32-11-10-20-34-35-26(31)39-20/h1-9,12,32H,10-11H2,(H2,31,35)(H,37,38). The average molecular weight is 571 g/mol. The summed E-state index contributed by atoms with van der Waals surface area (Å²) in [5.74, 6) is -2.47. The van der Waals surface area contributed by atoms with E-state index in [1.165, 1.54) is 34.9 Å². The molecule has 4 N–H and O–H groups in total. The van der Waals surface area contributed by atoms with Crippen LogP contribution in [0.25, 0.3) is 28.3 Å². The highest BCUT2D eigenvalue weighted by Crippen LogP contribution is 2.38. The Balaban J connectivity index is 1.71. The maximum atomic E-state index is 15.5. The minimum Gasteiger partial charge on any atom is -0.476 e. The number of aromatic nitrogens is 4. The summed E-state index contributed by atoms with van der Waals surface area (Å²) >= 11 is 12.1. The van der Waals surface area contributed by atoms with E-state index >= 15 is 4.39 Å². The largest absolute Gasteiger partial charge is 0.476 e. The third-order valence-corrected chi connectivity index (χ3v) is 6.33. The zero-order chi connectivity index (χ0) is 27.7. The van der Waals surface area contributed by atoms with Gasteiger partial charge in [-0.1, -0.05) is 46.5 Å². The Morgan fingerprint density at radius 3 is 2.56 bits per heavy atom. The molecule has 5 aromatic rings. The molecule has 0 saturated carbocycles. The molecule has 0 spiro atoms. The highest BCUT2D eigenvalue weighted by atomic mass is 35.5. The van der Waals surface area contributed by atoms with Crippen LogP contribution in [0.4, 0.5) is 20.5 Å². The number of imidazole rings is 1. The molecule has 13 heteroatoms. The third kappa shape index (κ3) is 5.14. The molecular weight excluding hydrogens is 553 g/mol. The Labute approximate surface area is 229 Å². The smallest absolute Gasteiger partial charge is 0.356 e. The van der Waals surface area contributed by atoms with Crippen LogP contribution in [-0.2, 0) is 6.42 Å². The minimum absolute atomic E-state index is 0.0169. The lowest BCUT2D eigenvalue weighted by atomic mass is 10.1. The number of aromatic carboxylic acids is 1. The van der Waals surface area contributed by atoms with Crippen molar-refractivity contribution >= 4 is 40.9 Å². The molecule has 3 aromatic carbocycles. The van der Waals surface area contributed by atoms with Crippen LogP contribution >= 0.6 is 23.2 Å². The van der Waals surface area contributed by atoms with E-state index in [1.54, 1.807) is 24.3 Å². The van der Waals surface area contributed by atoms with Crippen molar-refractivity contribution in [1.82, 2.24) is 19.7 Å². The maximum Gasteiger partial charge on any atom is 0.356 e. The number of hydrogen-bond acceptors (Lipinski definition) is 7. The molecule has 0 saturated heterocycles. The van der Waals surface area contributed by atoms with Gasteiger partial charge >= 0.3 is 12.0 Å². The first-order valence-corrected chi connectivity index (χ1v) is 12.2. The van der Waals surface area contributed by atoms with Crippen molar-refractivity contribution in [1.29, 1.82) is 0 Å². The van der Waals surface area contributed by atoms with Crippen LogP contribution in [0, 0.1) is 11.6 Å². The first-order chi connectivity index (χ1) is 18.7. The molecule has 2 heterocycles. The van der Waals surface area contributed by atoms with Crippen LogP contribution in [0.2, 0.25) is 10.0 Å².